The van der Waals surface area contributed by atoms with Crippen LogP contribution >= 0.6 is 27.7 Å². The third kappa shape index (κ3) is 5.25. The SMILES string of the molecule is FC(F)(F)SCCC(CBr)c1ccccc1. The average molecular weight is 313 g/mol. The van der Waals surface area contributed by atoms with Crippen LogP contribution < -0.4 is 0 Å². The van der Waals surface area contributed by atoms with Gasteiger partial charge in [-0.25, -0.2) is 0 Å². The Morgan fingerprint density at radius 3 is 2.31 bits per heavy atom. The molecule has 5 heteroatoms. The summed E-state index contributed by atoms with van der Waals surface area (Å²) in [5.41, 5.74) is -3.03. The molecule has 0 spiro atoms. The van der Waals surface area contributed by atoms with Crippen LogP contribution in [0, 0.1) is 0 Å². The standard InChI is InChI=1S/C11H12BrF3S/c12-8-10(6-7-16-11(13,14)15)9-4-2-1-3-5-9/h1-5,10H,6-8H2. The second-order valence-electron chi connectivity index (χ2n) is 3.34. The quantitative estimate of drug-likeness (QED) is 0.703. The first-order chi connectivity index (χ1) is 7.53. The van der Waals surface area contributed by atoms with Gasteiger partial charge in [-0.3, -0.25) is 0 Å². The van der Waals surface area contributed by atoms with Crippen molar-refractivity contribution >= 4 is 27.7 Å². The minimum atomic E-state index is -4.12. The monoisotopic (exact) mass is 312 g/mol. The van der Waals surface area contributed by atoms with Crippen molar-refractivity contribution in [3.63, 3.8) is 0 Å². The molecule has 1 atom stereocenters. The van der Waals surface area contributed by atoms with E-state index in [-0.39, 0.29) is 23.4 Å². The number of rotatable bonds is 5. The fraction of sp³-hybridized carbons (Fsp3) is 0.455. The lowest BCUT2D eigenvalue weighted by molar-refractivity contribution is -0.0328. The molecule has 0 saturated carbocycles. The van der Waals surface area contributed by atoms with Gasteiger partial charge in [0.15, 0.2) is 0 Å². The molecule has 1 aromatic rings. The van der Waals surface area contributed by atoms with Gasteiger partial charge in [-0.05, 0) is 17.9 Å². The van der Waals surface area contributed by atoms with Crippen LogP contribution in [-0.2, 0) is 0 Å². The van der Waals surface area contributed by atoms with E-state index in [0.717, 1.165) is 5.56 Å². The summed E-state index contributed by atoms with van der Waals surface area (Å²) >= 11 is 3.39. The van der Waals surface area contributed by atoms with E-state index in [1.165, 1.54) is 0 Å². The summed E-state index contributed by atoms with van der Waals surface area (Å²) in [5, 5.41) is 0.690. The number of hydrogen-bond acceptors (Lipinski definition) is 1. The van der Waals surface area contributed by atoms with Gasteiger partial charge >= 0.3 is 5.51 Å². The van der Waals surface area contributed by atoms with Crippen LogP contribution in [0.15, 0.2) is 30.3 Å². The average Bonchev–Trinajstić information content (AvgIpc) is 2.24. The zero-order valence-corrected chi connectivity index (χ0v) is 10.9. The molecule has 1 aromatic carbocycles. The smallest absolute Gasteiger partial charge is 0.160 e. The minimum Gasteiger partial charge on any atom is -0.160 e. The highest BCUT2D eigenvalue weighted by molar-refractivity contribution is 9.09. The van der Waals surface area contributed by atoms with Crippen molar-refractivity contribution in [3.8, 4) is 0 Å². The lowest BCUT2D eigenvalue weighted by Gasteiger charge is -2.14. The highest BCUT2D eigenvalue weighted by Crippen LogP contribution is 2.33. The van der Waals surface area contributed by atoms with Gasteiger partial charge in [0, 0.05) is 11.1 Å². The van der Waals surface area contributed by atoms with Crippen molar-refractivity contribution in [1.29, 1.82) is 0 Å². The van der Waals surface area contributed by atoms with E-state index in [1.807, 2.05) is 30.3 Å². The molecule has 16 heavy (non-hydrogen) atoms. The number of thioether (sulfide) groups is 1. The zero-order valence-electron chi connectivity index (χ0n) is 8.51. The molecule has 1 unspecified atom stereocenters. The minimum absolute atomic E-state index is 0.0511. The lowest BCUT2D eigenvalue weighted by Crippen LogP contribution is -2.06. The van der Waals surface area contributed by atoms with Crippen molar-refractivity contribution in [2.24, 2.45) is 0 Å². The van der Waals surface area contributed by atoms with Crippen LogP contribution in [0.1, 0.15) is 17.9 Å². The lowest BCUT2D eigenvalue weighted by atomic mass is 9.99. The first-order valence-electron chi connectivity index (χ1n) is 4.84. The summed E-state index contributed by atoms with van der Waals surface area (Å²) < 4.78 is 35.9. The molecule has 0 radical (unpaired) electrons. The van der Waals surface area contributed by atoms with Gasteiger partial charge < -0.3 is 0 Å². The molecular weight excluding hydrogens is 301 g/mol. The van der Waals surface area contributed by atoms with E-state index in [9.17, 15) is 13.2 Å². The molecule has 0 aliphatic rings. The molecule has 0 fully saturated rings. The summed E-state index contributed by atoms with van der Waals surface area (Å²) in [6.45, 7) is 0. The van der Waals surface area contributed by atoms with Gasteiger partial charge in [-0.2, -0.15) is 13.2 Å². The van der Waals surface area contributed by atoms with Crippen molar-refractivity contribution < 1.29 is 13.2 Å². The van der Waals surface area contributed by atoms with E-state index >= 15 is 0 Å². The Morgan fingerprint density at radius 1 is 1.19 bits per heavy atom. The molecule has 0 bridgehead atoms. The van der Waals surface area contributed by atoms with Crippen molar-refractivity contribution in [2.75, 3.05) is 11.1 Å². The first kappa shape index (κ1) is 13.9. The van der Waals surface area contributed by atoms with E-state index in [0.29, 0.717) is 11.8 Å². The van der Waals surface area contributed by atoms with Crippen LogP contribution in [0.25, 0.3) is 0 Å². The van der Waals surface area contributed by atoms with Gasteiger partial charge in [-0.1, -0.05) is 58.0 Å². The van der Waals surface area contributed by atoms with Gasteiger partial charge in [0.25, 0.3) is 0 Å². The number of halogens is 4. The molecule has 90 valence electrons. The highest BCUT2D eigenvalue weighted by atomic mass is 79.9. The fourth-order valence-corrected chi connectivity index (χ4v) is 2.71. The maximum Gasteiger partial charge on any atom is 0.441 e. The Hall–Kier alpha value is -0.160. The maximum absolute atomic E-state index is 12.0. The largest absolute Gasteiger partial charge is 0.441 e. The van der Waals surface area contributed by atoms with E-state index in [2.05, 4.69) is 15.9 Å². The van der Waals surface area contributed by atoms with E-state index in [1.54, 1.807) is 0 Å². The number of alkyl halides is 4. The summed E-state index contributed by atoms with van der Waals surface area (Å²) in [6, 6.07) is 9.61. The third-order valence-electron chi connectivity index (χ3n) is 2.19. The molecular formula is C11H12BrF3S. The first-order valence-corrected chi connectivity index (χ1v) is 6.95. The third-order valence-corrected chi connectivity index (χ3v) is 3.74. The van der Waals surface area contributed by atoms with E-state index < -0.39 is 5.51 Å². The fourth-order valence-electron chi connectivity index (χ4n) is 1.38. The van der Waals surface area contributed by atoms with Crippen molar-refractivity contribution in [1.82, 2.24) is 0 Å². The molecule has 0 aromatic heterocycles. The van der Waals surface area contributed by atoms with Crippen molar-refractivity contribution in [2.45, 2.75) is 17.8 Å². The summed E-state index contributed by atoms with van der Waals surface area (Å²) in [4.78, 5) is 0. The highest BCUT2D eigenvalue weighted by Gasteiger charge is 2.28. The molecule has 1 rings (SSSR count). The topological polar surface area (TPSA) is 0 Å². The second-order valence-corrected chi connectivity index (χ2v) is 5.15. The molecule has 0 nitrogen and oxygen atoms in total. The number of benzene rings is 1. The molecule has 0 saturated heterocycles. The van der Waals surface area contributed by atoms with Crippen LogP contribution in [0.2, 0.25) is 0 Å². The van der Waals surface area contributed by atoms with Gasteiger partial charge in [-0.15, -0.1) is 0 Å². The molecule has 0 heterocycles. The predicted octanol–water partition coefficient (Wildman–Crippen LogP) is 4.81. The summed E-state index contributed by atoms with van der Waals surface area (Å²) in [6.07, 6.45) is 0.527. The van der Waals surface area contributed by atoms with Gasteiger partial charge in [0.1, 0.15) is 0 Å². The van der Waals surface area contributed by atoms with Gasteiger partial charge in [0.2, 0.25) is 0 Å². The van der Waals surface area contributed by atoms with Crippen molar-refractivity contribution in [3.05, 3.63) is 35.9 Å². The Bertz CT molecular complexity index is 300. The van der Waals surface area contributed by atoms with Gasteiger partial charge in [0.05, 0.1) is 0 Å². The van der Waals surface area contributed by atoms with Crippen LogP contribution in [-0.4, -0.2) is 16.6 Å². The Labute approximate surface area is 106 Å². The second kappa shape index (κ2) is 6.55. The summed E-state index contributed by atoms with van der Waals surface area (Å²) in [7, 11) is 0. The molecule has 0 aliphatic heterocycles. The summed E-state index contributed by atoms with van der Waals surface area (Å²) in [5.74, 6) is 0.255. The molecule has 0 N–H and O–H groups in total. The normalized spacial score (nSPS) is 13.8. The number of hydrogen-bond donors (Lipinski definition) is 0. The Kier molecular flexibility index (Phi) is 5.69. The molecule has 0 aliphatic carbocycles. The van der Waals surface area contributed by atoms with Crippen LogP contribution in [0.4, 0.5) is 13.2 Å². The van der Waals surface area contributed by atoms with Crippen LogP contribution in [0.5, 0.6) is 0 Å². The van der Waals surface area contributed by atoms with E-state index in [4.69, 9.17) is 0 Å². The maximum atomic E-state index is 12.0. The van der Waals surface area contributed by atoms with Crippen LogP contribution in [0.3, 0.4) is 0 Å². The zero-order chi connectivity index (χ0) is 12.0. The Balaban J connectivity index is 2.45. The molecule has 0 amide bonds. The predicted molar refractivity (Wildman–Crippen MR) is 66.1 cm³/mol. The Morgan fingerprint density at radius 2 is 1.81 bits per heavy atom.